The summed E-state index contributed by atoms with van der Waals surface area (Å²) in [5.41, 5.74) is 6.39. The Morgan fingerprint density at radius 1 is 0.740 bits per heavy atom. The Morgan fingerprint density at radius 3 is 1.80 bits per heavy atom. The highest BCUT2D eigenvalue weighted by Crippen LogP contribution is 2.34. The van der Waals surface area contributed by atoms with Crippen molar-refractivity contribution in [2.24, 2.45) is 11.8 Å². The van der Waals surface area contributed by atoms with Gasteiger partial charge in [-0.15, -0.1) is 0 Å². The molecule has 0 spiro atoms. The largest absolute Gasteiger partial charge is 0.493 e. The van der Waals surface area contributed by atoms with Gasteiger partial charge in [0.25, 0.3) is 5.91 Å². The lowest BCUT2D eigenvalue weighted by Gasteiger charge is -2.34. The molecule has 0 radical (unpaired) electrons. The van der Waals surface area contributed by atoms with E-state index in [1.54, 1.807) is 0 Å². The number of hydrogen-bond acceptors (Lipinski definition) is 6. The molecule has 7 nitrogen and oxygen atoms in total. The minimum Gasteiger partial charge on any atom is -0.493 e. The van der Waals surface area contributed by atoms with E-state index in [0.717, 1.165) is 44.6 Å². The second kappa shape index (κ2) is 18.6. The van der Waals surface area contributed by atoms with E-state index in [9.17, 15) is 9.90 Å². The number of nitrogens with zero attached hydrogens (tertiary/aromatic N) is 2. The van der Waals surface area contributed by atoms with Crippen LogP contribution < -0.4 is 25.2 Å². The number of benzene rings is 3. The lowest BCUT2D eigenvalue weighted by atomic mass is 9.93. The Labute approximate surface area is 301 Å². The average Bonchev–Trinajstić information content (AvgIpc) is 3.11. The Bertz CT molecular complexity index is 1490. The molecule has 0 aliphatic carbocycles. The van der Waals surface area contributed by atoms with Crippen LogP contribution in [0.3, 0.4) is 0 Å². The summed E-state index contributed by atoms with van der Waals surface area (Å²) in [4.78, 5) is 19.0. The predicted octanol–water partition coefficient (Wildman–Crippen LogP) is 8.82. The zero-order chi connectivity index (χ0) is 35.5. The molecule has 1 unspecified atom stereocenters. The maximum Gasteiger partial charge on any atom is 0.255 e. The molecule has 272 valence electrons. The van der Waals surface area contributed by atoms with Gasteiger partial charge >= 0.3 is 0 Å². The van der Waals surface area contributed by atoms with Crippen molar-refractivity contribution < 1.29 is 14.6 Å². The van der Waals surface area contributed by atoms with Crippen molar-refractivity contribution in [2.45, 2.75) is 111 Å². The second-order valence-corrected chi connectivity index (χ2v) is 15.2. The van der Waals surface area contributed by atoms with Gasteiger partial charge in [0, 0.05) is 50.0 Å². The van der Waals surface area contributed by atoms with Crippen LogP contribution in [0.2, 0.25) is 0 Å². The van der Waals surface area contributed by atoms with E-state index >= 15 is 0 Å². The second-order valence-electron chi connectivity index (χ2n) is 15.2. The van der Waals surface area contributed by atoms with E-state index in [2.05, 4.69) is 96.7 Å². The minimum absolute atomic E-state index is 0.0187. The normalized spacial score (nSPS) is 17.1. The van der Waals surface area contributed by atoms with Gasteiger partial charge in [-0.05, 0) is 111 Å². The fourth-order valence-electron chi connectivity index (χ4n) is 7.81. The van der Waals surface area contributed by atoms with Gasteiger partial charge < -0.3 is 25.0 Å². The van der Waals surface area contributed by atoms with Crippen LogP contribution in [0.4, 0.5) is 11.4 Å². The molecule has 3 N–H and O–H groups in total. The van der Waals surface area contributed by atoms with Gasteiger partial charge in [-0.25, -0.2) is 0 Å². The maximum atomic E-state index is 14.0. The Balaban J connectivity index is 1.33. The molecule has 2 aliphatic rings. The smallest absolute Gasteiger partial charge is 0.255 e. The number of nitrogens with one attached hydrogen (secondary N) is 2. The maximum absolute atomic E-state index is 14.0. The van der Waals surface area contributed by atoms with Crippen LogP contribution in [-0.2, 0) is 6.42 Å². The van der Waals surface area contributed by atoms with Crippen molar-refractivity contribution in [3.63, 3.8) is 0 Å². The van der Waals surface area contributed by atoms with Crippen LogP contribution in [0.5, 0.6) is 5.75 Å². The molecular weight excluding hydrogens is 620 g/mol. The van der Waals surface area contributed by atoms with E-state index in [1.807, 2.05) is 25.1 Å². The van der Waals surface area contributed by atoms with Gasteiger partial charge in [0.05, 0.1) is 18.2 Å². The fourth-order valence-corrected chi connectivity index (χ4v) is 7.81. The first-order valence-electron chi connectivity index (χ1n) is 19.4. The third-order valence-corrected chi connectivity index (χ3v) is 10.2. The van der Waals surface area contributed by atoms with Crippen molar-refractivity contribution in [1.82, 2.24) is 10.6 Å². The molecule has 0 bridgehead atoms. The molecule has 3 aromatic rings. The number of piperidine rings is 2. The van der Waals surface area contributed by atoms with Crippen molar-refractivity contribution in [1.29, 1.82) is 0 Å². The van der Waals surface area contributed by atoms with E-state index in [1.165, 1.54) is 61.0 Å². The molecule has 1 amide bonds. The number of para-hydroxylation sites is 2. The number of aliphatic hydroxyl groups is 1. The highest BCUT2D eigenvalue weighted by molar-refractivity contribution is 5.97. The predicted molar refractivity (Wildman–Crippen MR) is 207 cm³/mol. The molecule has 0 saturated carbocycles. The third-order valence-electron chi connectivity index (χ3n) is 10.2. The van der Waals surface area contributed by atoms with E-state index in [-0.39, 0.29) is 18.0 Å². The number of carbonyl (C=O) groups excluding carboxylic acids is 1. The number of rotatable bonds is 16. The summed E-state index contributed by atoms with van der Waals surface area (Å²) in [7, 11) is 0. The Hall–Kier alpha value is -3.55. The molecule has 2 saturated heterocycles. The van der Waals surface area contributed by atoms with E-state index < -0.39 is 6.23 Å². The zero-order valence-corrected chi connectivity index (χ0v) is 31.3. The highest BCUT2D eigenvalue weighted by atomic mass is 16.5. The van der Waals surface area contributed by atoms with Crippen LogP contribution >= 0.6 is 0 Å². The standard InChI is InChI=1S/C43H62N4O3/c1-6-50-41-29-33(30-42(48)44-37(27-31(2)3)34-17-9-11-19-39(34)46-23-13-7-14-24-46)21-22-36(41)43(49)45-38(28-32(4)5)35-18-10-12-20-40(35)47-25-15-8-16-26-47/h9-12,17-22,29,31-32,37-38,42,44,48H,6-8,13-16,23-28,30H2,1-5H3,(H,45,49)/t37-,38-,42?/m0/s1. The first-order valence-corrected chi connectivity index (χ1v) is 19.4. The minimum atomic E-state index is -0.760. The van der Waals surface area contributed by atoms with Crippen molar-refractivity contribution >= 4 is 17.3 Å². The quantitative estimate of drug-likeness (QED) is 0.131. The number of amides is 1. The van der Waals surface area contributed by atoms with E-state index in [4.69, 9.17) is 4.74 Å². The first-order chi connectivity index (χ1) is 24.2. The van der Waals surface area contributed by atoms with Crippen LogP contribution in [-0.4, -0.2) is 50.0 Å². The number of hydrogen-bond donors (Lipinski definition) is 3. The highest BCUT2D eigenvalue weighted by Gasteiger charge is 2.26. The van der Waals surface area contributed by atoms with Gasteiger partial charge in [0.1, 0.15) is 12.0 Å². The van der Waals surface area contributed by atoms with Crippen molar-refractivity contribution in [3.05, 3.63) is 89.0 Å². The molecule has 7 heteroatoms. The molecule has 3 aromatic carbocycles. The summed E-state index contributed by atoms with van der Waals surface area (Å²) in [6, 6.07) is 22.9. The fraction of sp³-hybridized carbons (Fsp3) is 0.558. The van der Waals surface area contributed by atoms with Crippen LogP contribution in [0.1, 0.15) is 125 Å². The lowest BCUT2D eigenvalue weighted by molar-refractivity contribution is 0.0928. The molecule has 2 aliphatic heterocycles. The summed E-state index contributed by atoms with van der Waals surface area (Å²) >= 11 is 0. The summed E-state index contributed by atoms with van der Waals surface area (Å²) < 4.78 is 6.08. The first kappa shape index (κ1) is 37.7. The summed E-state index contributed by atoms with van der Waals surface area (Å²) in [5.74, 6) is 1.28. The van der Waals surface area contributed by atoms with Gasteiger partial charge in [-0.1, -0.05) is 70.2 Å². The average molecular weight is 683 g/mol. The van der Waals surface area contributed by atoms with Gasteiger partial charge in [0.2, 0.25) is 0 Å². The van der Waals surface area contributed by atoms with Crippen LogP contribution in [0, 0.1) is 11.8 Å². The summed E-state index contributed by atoms with van der Waals surface area (Å²) in [6.07, 6.45) is 8.82. The van der Waals surface area contributed by atoms with Crippen molar-refractivity contribution in [2.75, 3.05) is 42.6 Å². The zero-order valence-electron chi connectivity index (χ0n) is 31.3. The SMILES string of the molecule is CCOc1cc(CC(O)N[C@@H](CC(C)C)c2ccccc2N2CCCCC2)ccc1C(=O)N[C@@H](CC(C)C)c1ccccc1N1CCCCC1. The Morgan fingerprint density at radius 2 is 1.26 bits per heavy atom. The summed E-state index contributed by atoms with van der Waals surface area (Å²) in [5, 5.41) is 18.4. The number of anilines is 2. The molecule has 2 fully saturated rings. The monoisotopic (exact) mass is 682 g/mol. The number of aliphatic hydroxyl groups excluding tert-OH is 1. The number of carbonyl (C=O) groups is 1. The molecular formula is C43H62N4O3. The number of ether oxygens (including phenoxy) is 1. The van der Waals surface area contributed by atoms with Gasteiger partial charge in [0.15, 0.2) is 0 Å². The third kappa shape index (κ3) is 10.3. The molecule has 3 atom stereocenters. The Kier molecular flexibility index (Phi) is 14.0. The van der Waals surface area contributed by atoms with Crippen LogP contribution in [0.15, 0.2) is 66.7 Å². The van der Waals surface area contributed by atoms with Gasteiger partial charge in [-0.3, -0.25) is 10.1 Å². The molecule has 0 aromatic heterocycles. The van der Waals surface area contributed by atoms with Crippen molar-refractivity contribution in [3.8, 4) is 5.75 Å². The summed E-state index contributed by atoms with van der Waals surface area (Å²) in [6.45, 7) is 15.5. The molecule has 2 heterocycles. The lowest BCUT2D eigenvalue weighted by Crippen LogP contribution is -2.37. The molecule has 50 heavy (non-hydrogen) atoms. The topological polar surface area (TPSA) is 77.1 Å². The van der Waals surface area contributed by atoms with Gasteiger partial charge in [-0.2, -0.15) is 0 Å². The molecule has 5 rings (SSSR count). The van der Waals surface area contributed by atoms with E-state index in [0.29, 0.717) is 36.2 Å². The van der Waals surface area contributed by atoms with Crippen LogP contribution in [0.25, 0.3) is 0 Å².